The molecule has 0 saturated heterocycles. The van der Waals surface area contributed by atoms with E-state index in [0.29, 0.717) is 11.5 Å². The number of rotatable bonds is 4. The maximum Gasteiger partial charge on any atom is 0.146 e. The monoisotopic (exact) mass is 229 g/mol. The molecule has 2 N–H and O–H groups in total. The molecule has 0 fully saturated rings. The minimum atomic E-state index is 0.116. The summed E-state index contributed by atoms with van der Waals surface area (Å²) >= 11 is 0. The summed E-state index contributed by atoms with van der Waals surface area (Å²) in [6.45, 7) is 1.97. The van der Waals surface area contributed by atoms with Gasteiger partial charge < -0.3 is 10.5 Å². The molecule has 0 bridgehead atoms. The third kappa shape index (κ3) is 3.53. The van der Waals surface area contributed by atoms with Gasteiger partial charge in [-0.3, -0.25) is 9.97 Å². The molecule has 0 aliphatic rings. The van der Waals surface area contributed by atoms with Gasteiger partial charge in [-0.1, -0.05) is 0 Å². The summed E-state index contributed by atoms with van der Waals surface area (Å²) in [6, 6.07) is 5.74. The summed E-state index contributed by atoms with van der Waals surface area (Å²) in [5.41, 5.74) is 6.82. The zero-order valence-corrected chi connectivity index (χ0v) is 9.71. The average Bonchev–Trinajstić information content (AvgIpc) is 2.30. The topological polar surface area (TPSA) is 61.0 Å². The first-order valence-electron chi connectivity index (χ1n) is 5.51. The third-order valence-corrected chi connectivity index (χ3v) is 2.20. The first-order chi connectivity index (χ1) is 8.24. The SMILES string of the molecule is CC(N)Cc1cncc(Oc2cccnc2)c1. The minimum Gasteiger partial charge on any atom is -0.454 e. The Morgan fingerprint density at radius 3 is 2.76 bits per heavy atom. The van der Waals surface area contributed by atoms with Gasteiger partial charge in [-0.25, -0.2) is 0 Å². The van der Waals surface area contributed by atoms with Gasteiger partial charge in [0, 0.05) is 18.4 Å². The standard InChI is InChI=1S/C13H15N3O/c1-10(14)5-11-6-13(9-16-7-11)17-12-3-2-4-15-8-12/h2-4,6-10H,5,14H2,1H3. The van der Waals surface area contributed by atoms with Gasteiger partial charge in [0.2, 0.25) is 0 Å². The number of hydrogen-bond acceptors (Lipinski definition) is 4. The van der Waals surface area contributed by atoms with Crippen LogP contribution in [-0.4, -0.2) is 16.0 Å². The summed E-state index contributed by atoms with van der Waals surface area (Å²) in [4.78, 5) is 8.12. The predicted molar refractivity (Wildman–Crippen MR) is 65.9 cm³/mol. The first-order valence-corrected chi connectivity index (χ1v) is 5.51. The Hall–Kier alpha value is -1.94. The van der Waals surface area contributed by atoms with E-state index in [1.165, 1.54) is 0 Å². The minimum absolute atomic E-state index is 0.116. The first kappa shape index (κ1) is 11.5. The normalized spacial score (nSPS) is 12.1. The second-order valence-corrected chi connectivity index (χ2v) is 4.00. The van der Waals surface area contributed by atoms with Gasteiger partial charge in [-0.15, -0.1) is 0 Å². The van der Waals surface area contributed by atoms with Crippen molar-refractivity contribution in [2.45, 2.75) is 19.4 Å². The van der Waals surface area contributed by atoms with E-state index in [9.17, 15) is 0 Å². The molecule has 0 saturated carbocycles. The van der Waals surface area contributed by atoms with Gasteiger partial charge in [-0.2, -0.15) is 0 Å². The maximum atomic E-state index is 5.75. The number of ether oxygens (including phenoxy) is 1. The third-order valence-electron chi connectivity index (χ3n) is 2.20. The molecule has 17 heavy (non-hydrogen) atoms. The van der Waals surface area contributed by atoms with Crippen LogP contribution in [0, 0.1) is 0 Å². The Kier molecular flexibility index (Phi) is 3.67. The number of nitrogens with two attached hydrogens (primary N) is 1. The van der Waals surface area contributed by atoms with Gasteiger partial charge in [0.1, 0.15) is 11.5 Å². The largest absolute Gasteiger partial charge is 0.454 e. The molecule has 1 unspecified atom stereocenters. The van der Waals surface area contributed by atoms with Crippen molar-refractivity contribution in [1.29, 1.82) is 0 Å². The molecule has 0 aliphatic heterocycles. The van der Waals surface area contributed by atoms with Gasteiger partial charge in [0.25, 0.3) is 0 Å². The van der Waals surface area contributed by atoms with Crippen LogP contribution in [0.4, 0.5) is 0 Å². The molecule has 2 rings (SSSR count). The van der Waals surface area contributed by atoms with E-state index in [-0.39, 0.29) is 6.04 Å². The number of pyridine rings is 2. The van der Waals surface area contributed by atoms with Gasteiger partial charge in [0.05, 0.1) is 12.4 Å². The maximum absolute atomic E-state index is 5.75. The van der Waals surface area contributed by atoms with Crippen molar-refractivity contribution in [3.8, 4) is 11.5 Å². The smallest absolute Gasteiger partial charge is 0.146 e. The van der Waals surface area contributed by atoms with E-state index in [4.69, 9.17) is 10.5 Å². The van der Waals surface area contributed by atoms with Crippen molar-refractivity contribution in [2.24, 2.45) is 5.73 Å². The quantitative estimate of drug-likeness (QED) is 0.872. The lowest BCUT2D eigenvalue weighted by atomic mass is 10.1. The van der Waals surface area contributed by atoms with Crippen molar-refractivity contribution >= 4 is 0 Å². The van der Waals surface area contributed by atoms with E-state index in [1.807, 2.05) is 25.1 Å². The summed E-state index contributed by atoms with van der Waals surface area (Å²) in [7, 11) is 0. The molecule has 2 aromatic rings. The second-order valence-electron chi connectivity index (χ2n) is 4.00. The van der Waals surface area contributed by atoms with Crippen LogP contribution in [0.3, 0.4) is 0 Å². The molecule has 4 nitrogen and oxygen atoms in total. The van der Waals surface area contributed by atoms with Gasteiger partial charge in [-0.05, 0) is 37.1 Å². The molecule has 2 aromatic heterocycles. The van der Waals surface area contributed by atoms with Crippen LogP contribution in [0.1, 0.15) is 12.5 Å². The van der Waals surface area contributed by atoms with Crippen LogP contribution in [-0.2, 0) is 6.42 Å². The summed E-state index contributed by atoms with van der Waals surface area (Å²) in [6.07, 6.45) is 7.64. The highest BCUT2D eigenvalue weighted by molar-refractivity contribution is 5.29. The van der Waals surface area contributed by atoms with Crippen LogP contribution >= 0.6 is 0 Å². The Bertz CT molecular complexity index is 471. The summed E-state index contributed by atoms with van der Waals surface area (Å²) in [5.74, 6) is 1.41. The molecular weight excluding hydrogens is 214 g/mol. The van der Waals surface area contributed by atoms with Gasteiger partial charge in [0.15, 0.2) is 0 Å². The molecule has 2 heterocycles. The van der Waals surface area contributed by atoms with Crippen molar-refractivity contribution < 1.29 is 4.74 Å². The highest BCUT2D eigenvalue weighted by Gasteiger charge is 2.02. The fraction of sp³-hybridized carbons (Fsp3) is 0.231. The molecule has 88 valence electrons. The predicted octanol–water partition coefficient (Wildman–Crippen LogP) is 2.16. The van der Waals surface area contributed by atoms with Crippen LogP contribution in [0.25, 0.3) is 0 Å². The highest BCUT2D eigenvalue weighted by Crippen LogP contribution is 2.20. The lowest BCUT2D eigenvalue weighted by Gasteiger charge is -2.08. The van der Waals surface area contributed by atoms with E-state index >= 15 is 0 Å². The fourth-order valence-corrected chi connectivity index (χ4v) is 1.55. The van der Waals surface area contributed by atoms with Gasteiger partial charge >= 0.3 is 0 Å². The van der Waals surface area contributed by atoms with Crippen molar-refractivity contribution in [2.75, 3.05) is 0 Å². The summed E-state index contributed by atoms with van der Waals surface area (Å²) in [5, 5.41) is 0. The molecule has 0 spiro atoms. The molecule has 4 heteroatoms. The van der Waals surface area contributed by atoms with Crippen LogP contribution in [0.2, 0.25) is 0 Å². The average molecular weight is 229 g/mol. The van der Waals surface area contributed by atoms with Crippen molar-refractivity contribution in [3.63, 3.8) is 0 Å². The highest BCUT2D eigenvalue weighted by atomic mass is 16.5. The molecule has 0 aromatic carbocycles. The Morgan fingerprint density at radius 2 is 2.06 bits per heavy atom. The van der Waals surface area contributed by atoms with E-state index in [0.717, 1.165) is 12.0 Å². The molecule has 0 amide bonds. The molecule has 1 atom stereocenters. The number of nitrogens with zero attached hydrogens (tertiary/aromatic N) is 2. The zero-order chi connectivity index (χ0) is 12.1. The number of hydrogen-bond donors (Lipinski definition) is 1. The zero-order valence-electron chi connectivity index (χ0n) is 9.71. The lowest BCUT2D eigenvalue weighted by molar-refractivity contribution is 0.477. The number of aromatic nitrogens is 2. The molecular formula is C13H15N3O. The molecule has 0 radical (unpaired) electrons. The lowest BCUT2D eigenvalue weighted by Crippen LogP contribution is -2.17. The van der Waals surface area contributed by atoms with E-state index in [1.54, 1.807) is 24.8 Å². The van der Waals surface area contributed by atoms with Crippen molar-refractivity contribution in [3.05, 3.63) is 48.5 Å². The Labute approximate surface area is 100 Å². The van der Waals surface area contributed by atoms with Crippen LogP contribution < -0.4 is 10.5 Å². The fourth-order valence-electron chi connectivity index (χ4n) is 1.55. The Balaban J connectivity index is 2.11. The van der Waals surface area contributed by atoms with Crippen LogP contribution in [0.15, 0.2) is 43.0 Å². The van der Waals surface area contributed by atoms with Crippen molar-refractivity contribution in [1.82, 2.24) is 9.97 Å². The van der Waals surface area contributed by atoms with Crippen LogP contribution in [0.5, 0.6) is 11.5 Å². The summed E-state index contributed by atoms with van der Waals surface area (Å²) < 4.78 is 5.63. The Morgan fingerprint density at radius 1 is 1.24 bits per heavy atom. The van der Waals surface area contributed by atoms with E-state index in [2.05, 4.69) is 9.97 Å². The molecule has 0 aliphatic carbocycles. The van der Waals surface area contributed by atoms with E-state index < -0.39 is 0 Å². The second kappa shape index (κ2) is 5.41.